The maximum atomic E-state index is 12.4. The average molecular weight is 458 g/mol. The second-order valence-corrected chi connectivity index (χ2v) is 9.79. The lowest BCUT2D eigenvalue weighted by Gasteiger charge is -2.16. The monoisotopic (exact) mass is 457 g/mol. The Kier molecular flexibility index (Phi) is 7.30. The van der Waals surface area contributed by atoms with E-state index in [0.717, 1.165) is 5.56 Å². The molecule has 0 aliphatic carbocycles. The third-order valence-corrected chi connectivity index (χ3v) is 6.84. The molecular weight excluding hydrogens is 434 g/mol. The van der Waals surface area contributed by atoms with E-state index in [1.807, 2.05) is 37.3 Å². The molecule has 0 aliphatic rings. The van der Waals surface area contributed by atoms with Crippen LogP contribution in [0.4, 0.5) is 11.5 Å². The molecule has 0 spiro atoms. The van der Waals surface area contributed by atoms with Crippen molar-refractivity contribution in [2.24, 2.45) is 0 Å². The van der Waals surface area contributed by atoms with Gasteiger partial charge in [-0.15, -0.1) is 0 Å². The number of halogens is 1. The van der Waals surface area contributed by atoms with Crippen LogP contribution in [0.3, 0.4) is 0 Å². The van der Waals surface area contributed by atoms with E-state index in [9.17, 15) is 13.2 Å². The molecule has 6 nitrogen and oxygen atoms in total. The molecule has 3 rings (SSSR count). The van der Waals surface area contributed by atoms with E-state index in [2.05, 4.69) is 15.6 Å². The van der Waals surface area contributed by atoms with Crippen LogP contribution in [0.2, 0.25) is 5.02 Å². The number of hydrogen-bond donors (Lipinski definition) is 2. The Labute approximate surface area is 187 Å². The summed E-state index contributed by atoms with van der Waals surface area (Å²) in [6.45, 7) is 3.61. The minimum absolute atomic E-state index is 0.0196. The fourth-order valence-corrected chi connectivity index (χ4v) is 4.12. The lowest BCUT2D eigenvalue weighted by molar-refractivity contribution is -0.115. The predicted molar refractivity (Wildman–Crippen MR) is 124 cm³/mol. The Bertz CT molecular complexity index is 1150. The van der Waals surface area contributed by atoms with Crippen LogP contribution in [-0.2, 0) is 21.1 Å². The molecular formula is C23H24ClN3O3S. The standard InChI is InChI=1S/C23H24ClN3O3S/c1-3-31(29,30)20-11-9-17(10-12-20)13-22(28)27-19-14-21(24)23(25-15-19)26-16(2)18-7-5-4-6-8-18/h4-12,14-16H,3,13H2,1-2H3,(H,25,26)(H,27,28)/t16-/m0/s1. The summed E-state index contributed by atoms with van der Waals surface area (Å²) >= 11 is 6.35. The van der Waals surface area contributed by atoms with Gasteiger partial charge in [0.1, 0.15) is 5.82 Å². The SMILES string of the molecule is CCS(=O)(=O)c1ccc(CC(=O)Nc2cnc(N[C@@H](C)c3ccccc3)c(Cl)c2)cc1. The third-order valence-electron chi connectivity index (χ3n) is 4.80. The van der Waals surface area contributed by atoms with E-state index in [-0.39, 0.29) is 29.0 Å². The van der Waals surface area contributed by atoms with Gasteiger partial charge in [-0.3, -0.25) is 4.79 Å². The van der Waals surface area contributed by atoms with Crippen molar-refractivity contribution in [2.75, 3.05) is 16.4 Å². The first-order valence-corrected chi connectivity index (χ1v) is 11.9. The van der Waals surface area contributed by atoms with Gasteiger partial charge in [0, 0.05) is 6.04 Å². The number of amides is 1. The molecule has 2 N–H and O–H groups in total. The Morgan fingerprint density at radius 2 is 1.77 bits per heavy atom. The maximum absolute atomic E-state index is 12.4. The minimum Gasteiger partial charge on any atom is -0.362 e. The van der Waals surface area contributed by atoms with Crippen molar-refractivity contribution < 1.29 is 13.2 Å². The molecule has 0 unspecified atom stereocenters. The number of carbonyl (C=O) groups excluding carboxylic acids is 1. The van der Waals surface area contributed by atoms with Gasteiger partial charge in [-0.05, 0) is 36.2 Å². The summed E-state index contributed by atoms with van der Waals surface area (Å²) in [5, 5.41) is 6.43. The number of sulfone groups is 1. The number of nitrogens with zero attached hydrogens (tertiary/aromatic N) is 1. The zero-order valence-corrected chi connectivity index (χ0v) is 18.9. The number of benzene rings is 2. The molecule has 31 heavy (non-hydrogen) atoms. The summed E-state index contributed by atoms with van der Waals surface area (Å²) in [7, 11) is -3.26. The molecule has 0 saturated heterocycles. The molecule has 1 atom stereocenters. The highest BCUT2D eigenvalue weighted by Crippen LogP contribution is 2.26. The highest BCUT2D eigenvalue weighted by molar-refractivity contribution is 7.91. The molecule has 1 heterocycles. The lowest BCUT2D eigenvalue weighted by Crippen LogP contribution is -2.15. The number of hydrogen-bond acceptors (Lipinski definition) is 5. The van der Waals surface area contributed by atoms with E-state index in [1.165, 1.54) is 12.1 Å². The van der Waals surface area contributed by atoms with E-state index < -0.39 is 9.84 Å². The van der Waals surface area contributed by atoms with Crippen molar-refractivity contribution in [1.82, 2.24) is 4.98 Å². The van der Waals surface area contributed by atoms with Gasteiger partial charge in [-0.25, -0.2) is 13.4 Å². The number of rotatable bonds is 8. The Hall–Kier alpha value is -2.90. The van der Waals surface area contributed by atoms with E-state index in [4.69, 9.17) is 11.6 Å². The van der Waals surface area contributed by atoms with Gasteiger partial charge in [0.2, 0.25) is 5.91 Å². The largest absolute Gasteiger partial charge is 0.362 e. The van der Waals surface area contributed by atoms with Crippen LogP contribution in [0.25, 0.3) is 0 Å². The quantitative estimate of drug-likeness (QED) is 0.503. The Morgan fingerprint density at radius 1 is 1.10 bits per heavy atom. The van der Waals surface area contributed by atoms with Crippen LogP contribution in [0.5, 0.6) is 0 Å². The van der Waals surface area contributed by atoms with Gasteiger partial charge in [0.05, 0.1) is 34.0 Å². The molecule has 0 saturated carbocycles. The van der Waals surface area contributed by atoms with Crippen molar-refractivity contribution in [3.8, 4) is 0 Å². The minimum atomic E-state index is -3.26. The number of nitrogens with one attached hydrogen (secondary N) is 2. The Balaban J connectivity index is 1.61. The van der Waals surface area contributed by atoms with E-state index in [0.29, 0.717) is 22.1 Å². The molecule has 0 aliphatic heterocycles. The zero-order chi connectivity index (χ0) is 22.4. The first-order chi connectivity index (χ1) is 14.8. The predicted octanol–water partition coefficient (Wildman–Crippen LogP) is 4.88. The second-order valence-electron chi connectivity index (χ2n) is 7.10. The van der Waals surface area contributed by atoms with Gasteiger partial charge in [0.15, 0.2) is 9.84 Å². The van der Waals surface area contributed by atoms with Gasteiger partial charge in [0.25, 0.3) is 0 Å². The van der Waals surface area contributed by atoms with Crippen LogP contribution < -0.4 is 10.6 Å². The highest BCUT2D eigenvalue weighted by Gasteiger charge is 2.13. The molecule has 1 amide bonds. The first kappa shape index (κ1) is 22.8. The van der Waals surface area contributed by atoms with Crippen LogP contribution in [0.15, 0.2) is 71.8 Å². The molecule has 3 aromatic rings. The summed E-state index contributed by atoms with van der Waals surface area (Å²) in [6, 6.07) is 17.9. The summed E-state index contributed by atoms with van der Waals surface area (Å²) in [6.07, 6.45) is 1.65. The van der Waals surface area contributed by atoms with E-state index >= 15 is 0 Å². The fourth-order valence-electron chi connectivity index (χ4n) is 3.01. The summed E-state index contributed by atoms with van der Waals surface area (Å²) in [5.41, 5.74) is 2.30. The summed E-state index contributed by atoms with van der Waals surface area (Å²) in [5.74, 6) is 0.321. The number of pyridine rings is 1. The van der Waals surface area contributed by atoms with Crippen molar-refractivity contribution in [1.29, 1.82) is 0 Å². The van der Waals surface area contributed by atoms with Crippen LogP contribution in [0, 0.1) is 0 Å². The molecule has 8 heteroatoms. The van der Waals surface area contributed by atoms with Crippen molar-refractivity contribution in [3.05, 3.63) is 83.0 Å². The molecule has 1 aromatic heterocycles. The normalized spacial score (nSPS) is 12.2. The van der Waals surface area contributed by atoms with Gasteiger partial charge in [-0.1, -0.05) is 61.0 Å². The lowest BCUT2D eigenvalue weighted by atomic mass is 10.1. The number of carbonyl (C=O) groups is 1. The molecule has 0 bridgehead atoms. The molecule has 162 valence electrons. The maximum Gasteiger partial charge on any atom is 0.228 e. The van der Waals surface area contributed by atoms with Crippen LogP contribution in [-0.4, -0.2) is 25.1 Å². The van der Waals surface area contributed by atoms with Crippen LogP contribution >= 0.6 is 11.6 Å². The van der Waals surface area contributed by atoms with Crippen molar-refractivity contribution in [3.63, 3.8) is 0 Å². The fraction of sp³-hybridized carbons (Fsp3) is 0.217. The topological polar surface area (TPSA) is 88.2 Å². The number of aromatic nitrogens is 1. The van der Waals surface area contributed by atoms with Crippen LogP contribution in [0.1, 0.15) is 31.0 Å². The first-order valence-electron chi connectivity index (χ1n) is 9.87. The Morgan fingerprint density at radius 3 is 2.39 bits per heavy atom. The van der Waals surface area contributed by atoms with Gasteiger partial charge < -0.3 is 10.6 Å². The highest BCUT2D eigenvalue weighted by atomic mass is 35.5. The van der Waals surface area contributed by atoms with Gasteiger partial charge >= 0.3 is 0 Å². The third kappa shape index (κ3) is 6.06. The second kappa shape index (κ2) is 9.94. The van der Waals surface area contributed by atoms with Crippen molar-refractivity contribution >= 4 is 38.9 Å². The van der Waals surface area contributed by atoms with E-state index in [1.54, 1.807) is 31.3 Å². The number of anilines is 2. The molecule has 0 fully saturated rings. The average Bonchev–Trinajstić information content (AvgIpc) is 2.76. The summed E-state index contributed by atoms with van der Waals surface area (Å²) in [4.78, 5) is 16.9. The molecule has 0 radical (unpaired) electrons. The zero-order valence-electron chi connectivity index (χ0n) is 17.3. The summed E-state index contributed by atoms with van der Waals surface area (Å²) < 4.78 is 23.8. The van der Waals surface area contributed by atoms with Crippen molar-refractivity contribution in [2.45, 2.75) is 31.2 Å². The smallest absolute Gasteiger partial charge is 0.228 e. The van der Waals surface area contributed by atoms with Gasteiger partial charge in [-0.2, -0.15) is 0 Å². The molecule has 2 aromatic carbocycles.